The molecule has 2 aromatic rings. The molecule has 5 rings (SSSR count). The molecule has 4 heterocycles. The Bertz CT molecular complexity index is 957. The molecule has 0 bridgehead atoms. The van der Waals surface area contributed by atoms with Crippen molar-refractivity contribution >= 4 is 29.0 Å². The maximum Gasteiger partial charge on any atom is 0.263 e. The minimum atomic E-state index is -0.0111. The summed E-state index contributed by atoms with van der Waals surface area (Å²) in [6, 6.07) is 8.72. The van der Waals surface area contributed by atoms with Crippen LogP contribution in [0, 0.1) is 0 Å². The second kappa shape index (κ2) is 8.34. The summed E-state index contributed by atoms with van der Waals surface area (Å²) in [6.07, 6.45) is 3.89. The Balaban J connectivity index is 1.49. The first-order valence-corrected chi connectivity index (χ1v) is 11.4. The van der Waals surface area contributed by atoms with Crippen molar-refractivity contribution in [3.63, 3.8) is 0 Å². The van der Waals surface area contributed by atoms with Gasteiger partial charge in [-0.2, -0.15) is 4.98 Å². The largest absolute Gasteiger partial charge is 0.369 e. The summed E-state index contributed by atoms with van der Waals surface area (Å²) in [7, 11) is 2.16. The van der Waals surface area contributed by atoms with Crippen molar-refractivity contribution in [1.82, 2.24) is 14.9 Å². The third-order valence-corrected chi connectivity index (χ3v) is 6.63. The van der Waals surface area contributed by atoms with Crippen molar-refractivity contribution in [1.29, 1.82) is 0 Å². The minimum Gasteiger partial charge on any atom is -0.369 e. The number of nitrogens with zero attached hydrogens (tertiary/aromatic N) is 6. The Morgan fingerprint density at radius 1 is 1.13 bits per heavy atom. The highest BCUT2D eigenvalue weighted by Crippen LogP contribution is 2.35. The maximum atomic E-state index is 13.6. The van der Waals surface area contributed by atoms with E-state index in [1.807, 2.05) is 11.8 Å². The fourth-order valence-electron chi connectivity index (χ4n) is 4.87. The molecule has 0 spiro atoms. The van der Waals surface area contributed by atoms with Crippen molar-refractivity contribution in [2.75, 3.05) is 72.9 Å². The molecular formula is C23H31N7O. The molecule has 1 amide bonds. The number of carbonyl (C=O) groups excluding carboxylic acids is 1. The minimum absolute atomic E-state index is 0.0111. The van der Waals surface area contributed by atoms with Gasteiger partial charge in [0.05, 0.1) is 0 Å². The number of rotatable bonds is 4. The van der Waals surface area contributed by atoms with Gasteiger partial charge in [-0.05, 0) is 45.0 Å². The van der Waals surface area contributed by atoms with Crippen molar-refractivity contribution in [2.45, 2.75) is 25.8 Å². The summed E-state index contributed by atoms with van der Waals surface area (Å²) in [5.74, 6) is 1.35. The summed E-state index contributed by atoms with van der Waals surface area (Å²) < 4.78 is 0. The lowest BCUT2D eigenvalue weighted by Crippen LogP contribution is -2.44. The lowest BCUT2D eigenvalue weighted by molar-refractivity contribution is 0.0988. The van der Waals surface area contributed by atoms with Crippen LogP contribution in [-0.4, -0.2) is 79.7 Å². The van der Waals surface area contributed by atoms with Gasteiger partial charge >= 0.3 is 0 Å². The van der Waals surface area contributed by atoms with E-state index >= 15 is 0 Å². The summed E-state index contributed by atoms with van der Waals surface area (Å²) in [5, 5.41) is 3.18. The van der Waals surface area contributed by atoms with E-state index < -0.39 is 0 Å². The highest BCUT2D eigenvalue weighted by molar-refractivity contribution is 6.10. The highest BCUT2D eigenvalue weighted by Gasteiger charge is 2.37. The van der Waals surface area contributed by atoms with Gasteiger partial charge in [0.2, 0.25) is 5.95 Å². The summed E-state index contributed by atoms with van der Waals surface area (Å²) in [6.45, 7) is 8.52. The van der Waals surface area contributed by atoms with Gasteiger partial charge < -0.3 is 24.9 Å². The number of carbonyl (C=O) groups is 1. The van der Waals surface area contributed by atoms with Gasteiger partial charge in [0.1, 0.15) is 11.4 Å². The number of amides is 1. The molecule has 31 heavy (non-hydrogen) atoms. The van der Waals surface area contributed by atoms with Crippen LogP contribution in [0.5, 0.6) is 0 Å². The molecule has 0 saturated carbocycles. The van der Waals surface area contributed by atoms with Crippen LogP contribution in [0.15, 0.2) is 30.5 Å². The summed E-state index contributed by atoms with van der Waals surface area (Å²) >= 11 is 0. The number of hydrogen-bond acceptors (Lipinski definition) is 7. The van der Waals surface area contributed by atoms with Gasteiger partial charge in [-0.3, -0.25) is 4.79 Å². The Labute approximate surface area is 183 Å². The number of fused-ring (bicyclic) bond motifs is 3. The van der Waals surface area contributed by atoms with Gasteiger partial charge in [0.15, 0.2) is 0 Å². The average Bonchev–Trinajstić information content (AvgIpc) is 3.22. The zero-order chi connectivity index (χ0) is 21.4. The van der Waals surface area contributed by atoms with E-state index in [0.29, 0.717) is 18.1 Å². The number of piperazine rings is 1. The number of nitrogens with one attached hydrogen (secondary N) is 1. The predicted molar refractivity (Wildman–Crippen MR) is 124 cm³/mol. The fraction of sp³-hybridized carbons (Fsp3) is 0.522. The van der Waals surface area contributed by atoms with E-state index in [9.17, 15) is 4.79 Å². The van der Waals surface area contributed by atoms with Crippen LogP contribution in [0.2, 0.25) is 0 Å². The molecule has 8 heteroatoms. The van der Waals surface area contributed by atoms with Crippen LogP contribution in [0.25, 0.3) is 0 Å². The van der Waals surface area contributed by atoms with Crippen LogP contribution in [0.3, 0.4) is 0 Å². The van der Waals surface area contributed by atoms with Crippen molar-refractivity contribution in [3.05, 3.63) is 36.0 Å². The van der Waals surface area contributed by atoms with E-state index in [1.165, 1.54) is 5.69 Å². The third-order valence-electron chi connectivity index (χ3n) is 6.63. The quantitative estimate of drug-likeness (QED) is 0.812. The molecule has 0 aliphatic carbocycles. The number of benzene rings is 1. The zero-order valence-electron chi connectivity index (χ0n) is 18.4. The molecule has 1 unspecified atom stereocenters. The molecule has 8 nitrogen and oxygen atoms in total. The van der Waals surface area contributed by atoms with E-state index in [2.05, 4.69) is 56.3 Å². The first kappa shape index (κ1) is 20.1. The fourth-order valence-corrected chi connectivity index (χ4v) is 4.87. The standard InChI is InChI=1S/C23H31N7O/c1-3-24-23-25-15-20-21(26-23)29-9-5-8-19(29)16-30(22(20)31)18-7-4-6-17(14-18)28-12-10-27(2)11-13-28/h4,6-7,14-15,19H,3,5,8-13,16H2,1-2H3,(H,24,25,26). The smallest absolute Gasteiger partial charge is 0.263 e. The molecule has 2 fully saturated rings. The lowest BCUT2D eigenvalue weighted by Gasteiger charge is -2.34. The molecule has 3 aliphatic rings. The van der Waals surface area contributed by atoms with Crippen molar-refractivity contribution < 1.29 is 4.79 Å². The van der Waals surface area contributed by atoms with E-state index in [-0.39, 0.29) is 11.9 Å². The Kier molecular flexibility index (Phi) is 5.40. The van der Waals surface area contributed by atoms with Gasteiger partial charge in [-0.15, -0.1) is 0 Å². The average molecular weight is 422 g/mol. The summed E-state index contributed by atoms with van der Waals surface area (Å²) in [4.78, 5) is 31.8. The monoisotopic (exact) mass is 421 g/mol. The second-order valence-corrected chi connectivity index (χ2v) is 8.68. The molecule has 1 N–H and O–H groups in total. The number of anilines is 4. The van der Waals surface area contributed by atoms with Gasteiger partial charge in [-0.1, -0.05) is 6.07 Å². The Morgan fingerprint density at radius 3 is 2.74 bits per heavy atom. The van der Waals surface area contributed by atoms with E-state index in [4.69, 9.17) is 4.98 Å². The topological polar surface area (TPSA) is 67.8 Å². The van der Waals surface area contributed by atoms with Crippen LogP contribution >= 0.6 is 0 Å². The van der Waals surface area contributed by atoms with Gasteiger partial charge in [0, 0.05) is 69.4 Å². The number of aromatic nitrogens is 2. The molecule has 1 aromatic heterocycles. The second-order valence-electron chi connectivity index (χ2n) is 8.68. The molecule has 3 aliphatic heterocycles. The molecule has 1 aromatic carbocycles. The first-order valence-electron chi connectivity index (χ1n) is 11.4. The SMILES string of the molecule is CCNc1ncc2c(n1)N1CCCC1CN(c1cccc(N3CCN(C)CC3)c1)C2=O. The van der Waals surface area contributed by atoms with Crippen LogP contribution in [0.4, 0.5) is 23.1 Å². The van der Waals surface area contributed by atoms with Gasteiger partial charge in [-0.25, -0.2) is 4.98 Å². The Morgan fingerprint density at radius 2 is 1.94 bits per heavy atom. The van der Waals surface area contributed by atoms with Crippen LogP contribution < -0.4 is 20.0 Å². The molecule has 164 valence electrons. The lowest BCUT2D eigenvalue weighted by atomic mass is 10.1. The predicted octanol–water partition coefficient (Wildman–Crippen LogP) is 2.29. The van der Waals surface area contributed by atoms with Crippen LogP contribution in [0.1, 0.15) is 30.1 Å². The highest BCUT2D eigenvalue weighted by atomic mass is 16.2. The third kappa shape index (κ3) is 3.80. The van der Waals surface area contributed by atoms with Gasteiger partial charge in [0.25, 0.3) is 5.91 Å². The molecule has 1 atom stereocenters. The molecule has 2 saturated heterocycles. The first-order chi connectivity index (χ1) is 15.1. The zero-order valence-corrected chi connectivity index (χ0v) is 18.4. The summed E-state index contributed by atoms with van der Waals surface area (Å²) in [5.41, 5.74) is 2.73. The number of hydrogen-bond donors (Lipinski definition) is 1. The number of likely N-dealkylation sites (N-methyl/N-ethyl adjacent to an activating group) is 1. The van der Waals surface area contributed by atoms with Crippen LogP contribution in [-0.2, 0) is 0 Å². The van der Waals surface area contributed by atoms with E-state index in [0.717, 1.165) is 63.6 Å². The van der Waals surface area contributed by atoms with Crippen molar-refractivity contribution in [2.24, 2.45) is 0 Å². The van der Waals surface area contributed by atoms with Crippen molar-refractivity contribution in [3.8, 4) is 0 Å². The Hall–Kier alpha value is -2.87. The molecule has 0 radical (unpaired) electrons. The maximum absolute atomic E-state index is 13.6. The van der Waals surface area contributed by atoms with E-state index in [1.54, 1.807) is 6.20 Å². The normalized spacial score (nSPS) is 21.7. The molecular weight excluding hydrogens is 390 g/mol.